The number of aromatic nitrogens is 2. The van der Waals surface area contributed by atoms with Gasteiger partial charge < -0.3 is 14.6 Å². The highest BCUT2D eigenvalue weighted by molar-refractivity contribution is 5.92. The number of aromatic amines is 1. The Labute approximate surface area is 134 Å². The van der Waals surface area contributed by atoms with Gasteiger partial charge in [0.15, 0.2) is 0 Å². The molecular weight excluding hydrogens is 294 g/mol. The first-order chi connectivity index (χ1) is 11.2. The van der Waals surface area contributed by atoms with Crippen LogP contribution in [0.15, 0.2) is 47.4 Å². The highest BCUT2D eigenvalue weighted by Gasteiger charge is 2.25. The van der Waals surface area contributed by atoms with E-state index in [1.165, 1.54) is 6.07 Å². The summed E-state index contributed by atoms with van der Waals surface area (Å²) in [6, 6.07) is 10.3. The molecule has 1 N–H and O–H groups in total. The average Bonchev–Trinajstić information content (AvgIpc) is 2.60. The Morgan fingerprint density at radius 3 is 3.00 bits per heavy atom. The second-order valence-electron chi connectivity index (χ2n) is 5.58. The van der Waals surface area contributed by atoms with Crippen LogP contribution in [0.1, 0.15) is 29.0 Å². The number of H-pyrrole nitrogens is 1. The molecule has 0 radical (unpaired) electrons. The van der Waals surface area contributed by atoms with Crippen molar-refractivity contribution in [3.63, 3.8) is 0 Å². The lowest BCUT2D eigenvalue weighted by molar-refractivity contribution is -0.00801. The van der Waals surface area contributed by atoms with Gasteiger partial charge in [0.1, 0.15) is 5.69 Å². The molecule has 2 aromatic rings. The van der Waals surface area contributed by atoms with Crippen molar-refractivity contribution >= 4 is 5.91 Å². The van der Waals surface area contributed by atoms with Crippen LogP contribution in [0.3, 0.4) is 0 Å². The van der Waals surface area contributed by atoms with Crippen LogP contribution in [-0.4, -0.2) is 40.0 Å². The summed E-state index contributed by atoms with van der Waals surface area (Å²) in [6.07, 6.45) is 3.53. The molecule has 2 aromatic heterocycles. The minimum Gasteiger partial charge on any atom is -0.370 e. The fourth-order valence-corrected chi connectivity index (χ4v) is 2.69. The van der Waals surface area contributed by atoms with E-state index in [1.54, 1.807) is 23.2 Å². The van der Waals surface area contributed by atoms with Crippen LogP contribution in [0.5, 0.6) is 0 Å². The lowest BCUT2D eigenvalue weighted by Crippen LogP contribution is -2.43. The number of ether oxygens (including phenoxy) is 1. The Morgan fingerprint density at radius 2 is 2.22 bits per heavy atom. The van der Waals surface area contributed by atoms with E-state index in [4.69, 9.17) is 4.74 Å². The summed E-state index contributed by atoms with van der Waals surface area (Å²) in [5, 5.41) is 0. The van der Waals surface area contributed by atoms with Gasteiger partial charge in [0.05, 0.1) is 18.4 Å². The van der Waals surface area contributed by atoms with Gasteiger partial charge in [-0.05, 0) is 31.0 Å². The van der Waals surface area contributed by atoms with E-state index in [0.717, 1.165) is 18.5 Å². The van der Waals surface area contributed by atoms with Crippen molar-refractivity contribution in [1.82, 2.24) is 14.9 Å². The first kappa shape index (κ1) is 15.4. The molecule has 0 spiro atoms. The van der Waals surface area contributed by atoms with Crippen LogP contribution in [-0.2, 0) is 11.3 Å². The molecule has 1 fully saturated rings. The van der Waals surface area contributed by atoms with E-state index in [1.807, 2.05) is 18.2 Å². The molecule has 3 rings (SSSR count). The quantitative estimate of drug-likeness (QED) is 0.930. The smallest absolute Gasteiger partial charge is 0.270 e. The van der Waals surface area contributed by atoms with E-state index >= 15 is 0 Å². The maximum absolute atomic E-state index is 12.5. The van der Waals surface area contributed by atoms with Crippen LogP contribution in [0.4, 0.5) is 0 Å². The number of nitrogens with one attached hydrogen (secondary N) is 1. The second-order valence-corrected chi connectivity index (χ2v) is 5.58. The predicted octanol–water partition coefficient (Wildman–Crippen LogP) is 1.59. The van der Waals surface area contributed by atoms with Crippen molar-refractivity contribution in [2.24, 2.45) is 0 Å². The second kappa shape index (κ2) is 7.19. The van der Waals surface area contributed by atoms with Gasteiger partial charge in [0.25, 0.3) is 5.91 Å². The Bertz CT molecular complexity index is 714. The molecule has 0 aliphatic carbocycles. The van der Waals surface area contributed by atoms with Crippen LogP contribution >= 0.6 is 0 Å². The Morgan fingerprint density at radius 1 is 1.30 bits per heavy atom. The zero-order valence-corrected chi connectivity index (χ0v) is 12.8. The molecule has 1 aliphatic rings. The molecule has 1 amide bonds. The number of nitrogens with zero attached hydrogens (tertiary/aromatic N) is 2. The third-order valence-corrected chi connectivity index (χ3v) is 3.86. The molecule has 0 unspecified atom stereocenters. The number of hydrogen-bond donors (Lipinski definition) is 1. The maximum atomic E-state index is 12.5. The average molecular weight is 313 g/mol. The molecule has 1 atom stereocenters. The number of piperidine rings is 1. The minimum absolute atomic E-state index is 0.00913. The maximum Gasteiger partial charge on any atom is 0.270 e. The summed E-state index contributed by atoms with van der Waals surface area (Å²) in [6.45, 7) is 1.65. The zero-order valence-electron chi connectivity index (χ0n) is 12.8. The monoisotopic (exact) mass is 313 g/mol. The highest BCUT2D eigenvalue weighted by atomic mass is 16.5. The molecule has 0 bridgehead atoms. The van der Waals surface area contributed by atoms with E-state index in [-0.39, 0.29) is 17.6 Å². The van der Waals surface area contributed by atoms with Gasteiger partial charge in [-0.3, -0.25) is 14.6 Å². The van der Waals surface area contributed by atoms with Crippen LogP contribution < -0.4 is 5.56 Å². The molecule has 120 valence electrons. The molecule has 1 saturated heterocycles. The number of carbonyl (C=O) groups excluding carboxylic acids is 1. The van der Waals surface area contributed by atoms with Gasteiger partial charge in [-0.2, -0.15) is 0 Å². The van der Waals surface area contributed by atoms with E-state index in [9.17, 15) is 9.59 Å². The largest absolute Gasteiger partial charge is 0.370 e. The molecule has 6 heteroatoms. The Balaban J connectivity index is 1.59. The molecule has 0 saturated carbocycles. The SMILES string of the molecule is O=C(c1cccc(=O)[nH]1)N1CCC[C@@H](OCc2ccccn2)C1. The molecule has 6 nitrogen and oxygen atoms in total. The molecule has 0 aromatic carbocycles. The summed E-state index contributed by atoms with van der Waals surface area (Å²) >= 11 is 0. The van der Waals surface area contributed by atoms with Gasteiger partial charge >= 0.3 is 0 Å². The van der Waals surface area contributed by atoms with Crippen molar-refractivity contribution in [3.8, 4) is 0 Å². The van der Waals surface area contributed by atoms with Crippen LogP contribution in [0.25, 0.3) is 0 Å². The molecule has 23 heavy (non-hydrogen) atoms. The van der Waals surface area contributed by atoms with Crippen LogP contribution in [0, 0.1) is 0 Å². The fraction of sp³-hybridized carbons (Fsp3) is 0.353. The van der Waals surface area contributed by atoms with E-state index in [0.29, 0.717) is 25.4 Å². The summed E-state index contributed by atoms with van der Waals surface area (Å²) < 4.78 is 5.88. The van der Waals surface area contributed by atoms with Crippen molar-refractivity contribution < 1.29 is 9.53 Å². The molecule has 3 heterocycles. The van der Waals surface area contributed by atoms with Gasteiger partial charge in [0, 0.05) is 25.4 Å². The minimum atomic E-state index is -0.268. The van der Waals surface area contributed by atoms with Crippen molar-refractivity contribution in [2.75, 3.05) is 13.1 Å². The zero-order chi connectivity index (χ0) is 16.1. The van der Waals surface area contributed by atoms with Crippen molar-refractivity contribution in [3.05, 3.63) is 64.3 Å². The number of rotatable bonds is 4. The van der Waals surface area contributed by atoms with Crippen molar-refractivity contribution in [1.29, 1.82) is 0 Å². The number of hydrogen-bond acceptors (Lipinski definition) is 4. The number of pyridine rings is 2. The van der Waals surface area contributed by atoms with Gasteiger partial charge in [-0.15, -0.1) is 0 Å². The summed E-state index contributed by atoms with van der Waals surface area (Å²) in [5.74, 6) is -0.158. The van der Waals surface area contributed by atoms with Crippen molar-refractivity contribution in [2.45, 2.75) is 25.6 Å². The third kappa shape index (κ3) is 4.04. The standard InChI is InChI=1S/C17H19N3O3/c21-16-8-3-7-15(19-16)17(22)20-10-4-6-14(11-20)23-12-13-5-1-2-9-18-13/h1-3,5,7-9,14H,4,6,10-12H2,(H,19,21)/t14-/m1/s1. The Hall–Kier alpha value is -2.47. The lowest BCUT2D eigenvalue weighted by Gasteiger charge is -2.32. The topological polar surface area (TPSA) is 75.3 Å². The number of likely N-dealkylation sites (tertiary alicyclic amines) is 1. The highest BCUT2D eigenvalue weighted by Crippen LogP contribution is 2.16. The lowest BCUT2D eigenvalue weighted by atomic mass is 10.1. The summed E-state index contributed by atoms with van der Waals surface area (Å²) in [7, 11) is 0. The normalized spacial score (nSPS) is 17.9. The number of carbonyl (C=O) groups is 1. The predicted molar refractivity (Wildman–Crippen MR) is 85.0 cm³/mol. The van der Waals surface area contributed by atoms with Gasteiger partial charge in [-0.1, -0.05) is 12.1 Å². The first-order valence-corrected chi connectivity index (χ1v) is 7.72. The van der Waals surface area contributed by atoms with Gasteiger partial charge in [0.2, 0.25) is 5.56 Å². The fourth-order valence-electron chi connectivity index (χ4n) is 2.69. The third-order valence-electron chi connectivity index (χ3n) is 3.86. The number of amides is 1. The molecular formula is C17H19N3O3. The Kier molecular flexibility index (Phi) is 4.83. The first-order valence-electron chi connectivity index (χ1n) is 7.72. The van der Waals surface area contributed by atoms with E-state index in [2.05, 4.69) is 9.97 Å². The van der Waals surface area contributed by atoms with Gasteiger partial charge in [-0.25, -0.2) is 0 Å². The molecule has 1 aliphatic heterocycles. The summed E-state index contributed by atoms with van der Waals surface area (Å²) in [4.78, 5) is 32.3. The van der Waals surface area contributed by atoms with Crippen LogP contribution in [0.2, 0.25) is 0 Å². The summed E-state index contributed by atoms with van der Waals surface area (Å²) in [5.41, 5.74) is 0.932. The van der Waals surface area contributed by atoms with E-state index < -0.39 is 0 Å².